The van der Waals surface area contributed by atoms with E-state index in [2.05, 4.69) is 10.0 Å². The minimum Gasteiger partial charge on any atom is -0.496 e. The van der Waals surface area contributed by atoms with Gasteiger partial charge in [-0.3, -0.25) is 0 Å². The molecule has 0 amide bonds. The quantitative estimate of drug-likeness (QED) is 0.475. The van der Waals surface area contributed by atoms with Crippen LogP contribution in [0.15, 0.2) is 28.2 Å². The summed E-state index contributed by atoms with van der Waals surface area (Å²) in [6, 6.07) is 3.06. The van der Waals surface area contributed by atoms with E-state index in [0.29, 0.717) is 0 Å². The van der Waals surface area contributed by atoms with Gasteiger partial charge in [-0.15, -0.1) is 0 Å². The Kier molecular flexibility index (Phi) is 4.73. The van der Waals surface area contributed by atoms with Gasteiger partial charge in [-0.1, -0.05) is 12.0 Å². The number of aliphatic hydroxyl groups is 1. The van der Waals surface area contributed by atoms with Gasteiger partial charge >= 0.3 is 0 Å². The molecule has 104 valence electrons. The van der Waals surface area contributed by atoms with Gasteiger partial charge in [0.1, 0.15) is 5.75 Å². The third-order valence-corrected chi connectivity index (χ3v) is 3.45. The number of rotatable bonds is 5. The summed E-state index contributed by atoms with van der Waals surface area (Å²) in [4.78, 5) is 2.43. The molecule has 1 aromatic carbocycles. The van der Waals surface area contributed by atoms with Crippen molar-refractivity contribution in [1.82, 2.24) is 0 Å². The van der Waals surface area contributed by atoms with Crippen LogP contribution in [0.25, 0.3) is 10.4 Å². The lowest BCUT2D eigenvalue weighted by atomic mass is 10.0. The van der Waals surface area contributed by atoms with Crippen LogP contribution in [0.3, 0.4) is 0 Å². The van der Waals surface area contributed by atoms with Crippen LogP contribution in [-0.2, 0) is 10.0 Å². The van der Waals surface area contributed by atoms with Crippen molar-refractivity contribution in [1.29, 1.82) is 0 Å². The molecule has 8 nitrogen and oxygen atoms in total. The van der Waals surface area contributed by atoms with Gasteiger partial charge in [0.2, 0.25) is 10.0 Å². The molecular weight excluding hydrogens is 272 g/mol. The second kappa shape index (κ2) is 5.89. The van der Waals surface area contributed by atoms with Crippen molar-refractivity contribution >= 4 is 10.0 Å². The van der Waals surface area contributed by atoms with E-state index < -0.39 is 22.2 Å². The second-order valence-electron chi connectivity index (χ2n) is 3.84. The number of primary sulfonamides is 1. The third kappa shape index (κ3) is 3.58. The van der Waals surface area contributed by atoms with E-state index in [-0.39, 0.29) is 16.2 Å². The highest BCUT2D eigenvalue weighted by atomic mass is 32.2. The average molecular weight is 286 g/mol. The minimum absolute atomic E-state index is 0.157. The Morgan fingerprint density at radius 1 is 1.53 bits per heavy atom. The fourth-order valence-corrected chi connectivity index (χ4v) is 2.07. The standard InChI is InChI=1S/C10H14N4O4S/c1-6(13-14-11)10(15)8-5-7(19(12,16)17)3-4-9(8)18-2/h3-6,10,15H,1-2H3,(H2,12,16,17). The smallest absolute Gasteiger partial charge is 0.238 e. The number of nitrogens with two attached hydrogens (primary N) is 1. The highest BCUT2D eigenvalue weighted by molar-refractivity contribution is 7.89. The first kappa shape index (κ1) is 15.3. The SMILES string of the molecule is COc1ccc(S(N)(=O)=O)cc1C(O)C(C)N=[N+]=[N-]. The van der Waals surface area contributed by atoms with E-state index in [1.165, 1.54) is 32.2 Å². The minimum atomic E-state index is -3.89. The zero-order valence-corrected chi connectivity index (χ0v) is 11.2. The maximum Gasteiger partial charge on any atom is 0.238 e. The molecule has 0 aromatic heterocycles. The Morgan fingerprint density at radius 3 is 2.63 bits per heavy atom. The fourth-order valence-electron chi connectivity index (χ4n) is 1.53. The van der Waals surface area contributed by atoms with Crippen LogP contribution in [0.5, 0.6) is 5.75 Å². The highest BCUT2D eigenvalue weighted by Gasteiger charge is 2.21. The summed E-state index contributed by atoms with van der Waals surface area (Å²) >= 11 is 0. The lowest BCUT2D eigenvalue weighted by Crippen LogP contribution is -2.16. The molecule has 19 heavy (non-hydrogen) atoms. The number of aliphatic hydroxyl groups excluding tert-OH is 1. The molecular formula is C10H14N4O4S. The molecule has 9 heteroatoms. The van der Waals surface area contributed by atoms with Crippen LogP contribution in [-0.4, -0.2) is 26.7 Å². The fraction of sp³-hybridized carbons (Fsp3) is 0.400. The maximum atomic E-state index is 11.3. The monoisotopic (exact) mass is 286 g/mol. The van der Waals surface area contributed by atoms with Crippen molar-refractivity contribution in [2.24, 2.45) is 10.3 Å². The van der Waals surface area contributed by atoms with Crippen LogP contribution >= 0.6 is 0 Å². The summed E-state index contributed by atoms with van der Waals surface area (Å²) in [5.74, 6) is 0.278. The summed E-state index contributed by atoms with van der Waals surface area (Å²) in [5.41, 5.74) is 8.53. The first-order chi connectivity index (χ1) is 8.81. The van der Waals surface area contributed by atoms with E-state index in [4.69, 9.17) is 15.4 Å². The van der Waals surface area contributed by atoms with E-state index in [9.17, 15) is 13.5 Å². The lowest BCUT2D eigenvalue weighted by Gasteiger charge is -2.18. The summed E-state index contributed by atoms with van der Waals surface area (Å²) < 4.78 is 27.6. The number of benzene rings is 1. The Hall–Kier alpha value is -1.80. The van der Waals surface area contributed by atoms with Gasteiger partial charge in [0.15, 0.2) is 0 Å². The van der Waals surface area contributed by atoms with Gasteiger partial charge in [-0.2, -0.15) is 0 Å². The third-order valence-electron chi connectivity index (χ3n) is 2.54. The van der Waals surface area contributed by atoms with E-state index in [0.717, 1.165) is 0 Å². The van der Waals surface area contributed by atoms with E-state index >= 15 is 0 Å². The summed E-state index contributed by atoms with van der Waals surface area (Å²) in [7, 11) is -2.52. The highest BCUT2D eigenvalue weighted by Crippen LogP contribution is 2.30. The Bertz CT molecular complexity index is 610. The summed E-state index contributed by atoms with van der Waals surface area (Å²) in [6.07, 6.45) is -1.20. The predicted octanol–water partition coefficient (Wildman–Crippen LogP) is 1.07. The molecule has 0 heterocycles. The number of hydrogen-bond acceptors (Lipinski definition) is 5. The average Bonchev–Trinajstić information content (AvgIpc) is 2.36. The van der Waals surface area contributed by atoms with Crippen molar-refractivity contribution in [3.8, 4) is 5.75 Å². The Morgan fingerprint density at radius 2 is 2.16 bits per heavy atom. The molecule has 0 aliphatic rings. The van der Waals surface area contributed by atoms with Gasteiger partial charge in [-0.05, 0) is 23.7 Å². The molecule has 0 aliphatic heterocycles. The first-order valence-corrected chi connectivity index (χ1v) is 6.79. The van der Waals surface area contributed by atoms with Gasteiger partial charge in [-0.25, -0.2) is 13.6 Å². The normalized spacial score (nSPS) is 14.3. The van der Waals surface area contributed by atoms with Crippen LogP contribution in [0.1, 0.15) is 18.6 Å². The van der Waals surface area contributed by atoms with Crippen LogP contribution < -0.4 is 9.88 Å². The number of ether oxygens (including phenoxy) is 1. The van der Waals surface area contributed by atoms with Crippen molar-refractivity contribution in [2.75, 3.05) is 7.11 Å². The molecule has 2 unspecified atom stereocenters. The number of sulfonamides is 1. The Labute approximate surface area is 110 Å². The lowest BCUT2D eigenvalue weighted by molar-refractivity contribution is 0.149. The van der Waals surface area contributed by atoms with Crippen LogP contribution in [0.4, 0.5) is 0 Å². The molecule has 2 atom stereocenters. The van der Waals surface area contributed by atoms with Gasteiger partial charge in [0.25, 0.3) is 0 Å². The number of hydrogen-bond donors (Lipinski definition) is 2. The van der Waals surface area contributed by atoms with E-state index in [1.807, 2.05) is 0 Å². The van der Waals surface area contributed by atoms with Crippen molar-refractivity contribution in [2.45, 2.75) is 24.0 Å². The van der Waals surface area contributed by atoms with Gasteiger partial charge in [0.05, 0.1) is 24.2 Å². The number of azide groups is 1. The molecule has 1 rings (SSSR count). The first-order valence-electron chi connectivity index (χ1n) is 5.24. The largest absolute Gasteiger partial charge is 0.496 e. The van der Waals surface area contributed by atoms with Crippen molar-refractivity contribution < 1.29 is 18.3 Å². The molecule has 0 bridgehead atoms. The molecule has 0 radical (unpaired) electrons. The maximum absolute atomic E-state index is 11.3. The molecule has 1 aromatic rings. The van der Waals surface area contributed by atoms with E-state index in [1.54, 1.807) is 0 Å². The van der Waals surface area contributed by atoms with Gasteiger partial charge < -0.3 is 9.84 Å². The predicted molar refractivity (Wildman–Crippen MR) is 67.9 cm³/mol. The van der Waals surface area contributed by atoms with Crippen molar-refractivity contribution in [3.05, 3.63) is 34.2 Å². The second-order valence-corrected chi connectivity index (χ2v) is 5.40. The number of nitrogens with zero attached hydrogens (tertiary/aromatic N) is 3. The Balaban J connectivity index is 3.34. The van der Waals surface area contributed by atoms with Gasteiger partial charge in [0, 0.05) is 10.5 Å². The molecule has 0 spiro atoms. The molecule has 3 N–H and O–H groups in total. The summed E-state index contributed by atoms with van der Waals surface area (Å²) in [5, 5.41) is 18.4. The number of methoxy groups -OCH3 is 1. The topological polar surface area (TPSA) is 138 Å². The zero-order chi connectivity index (χ0) is 14.6. The van der Waals surface area contributed by atoms with Crippen LogP contribution in [0, 0.1) is 0 Å². The summed E-state index contributed by atoms with van der Waals surface area (Å²) in [6.45, 7) is 1.49. The molecule has 0 fully saturated rings. The van der Waals surface area contributed by atoms with Crippen molar-refractivity contribution in [3.63, 3.8) is 0 Å². The molecule has 0 saturated heterocycles. The van der Waals surface area contributed by atoms with Crippen LogP contribution in [0.2, 0.25) is 0 Å². The molecule has 0 saturated carbocycles. The molecule has 0 aliphatic carbocycles. The zero-order valence-electron chi connectivity index (χ0n) is 10.4.